The summed E-state index contributed by atoms with van der Waals surface area (Å²) in [7, 11) is 2.93. The first kappa shape index (κ1) is 17.9. The van der Waals surface area contributed by atoms with Gasteiger partial charge in [0.15, 0.2) is 17.6 Å². The molecule has 3 rings (SSSR count). The molecule has 0 spiro atoms. The maximum absolute atomic E-state index is 12.5. The number of nitrogens with one attached hydrogen (secondary N) is 2. The summed E-state index contributed by atoms with van der Waals surface area (Å²) in [5.74, 6) is 0.625. The van der Waals surface area contributed by atoms with Crippen LogP contribution in [0.15, 0.2) is 30.3 Å². The first-order chi connectivity index (χ1) is 12.4. The zero-order valence-corrected chi connectivity index (χ0v) is 15.1. The van der Waals surface area contributed by atoms with Crippen LogP contribution in [0, 0.1) is 0 Å². The van der Waals surface area contributed by atoms with Gasteiger partial charge in [-0.25, -0.2) is 0 Å². The third kappa shape index (κ3) is 3.39. The quantitative estimate of drug-likeness (QED) is 0.854. The highest BCUT2D eigenvalue weighted by Gasteiger charge is 2.24. The largest absolute Gasteiger partial charge is 0.493 e. The molecule has 1 heterocycles. The Bertz CT molecular complexity index is 884. The Kier molecular flexibility index (Phi) is 4.90. The molecule has 0 bridgehead atoms. The molecule has 1 aliphatic heterocycles. The van der Waals surface area contributed by atoms with Crippen LogP contribution in [0.25, 0.3) is 0 Å². The van der Waals surface area contributed by atoms with Crippen molar-refractivity contribution in [1.82, 2.24) is 0 Å². The van der Waals surface area contributed by atoms with Crippen LogP contribution >= 0.6 is 11.6 Å². The zero-order chi connectivity index (χ0) is 18.8. The van der Waals surface area contributed by atoms with Crippen LogP contribution in [0.2, 0.25) is 5.02 Å². The molecule has 0 aromatic heterocycles. The first-order valence-electron chi connectivity index (χ1n) is 7.77. The molecule has 0 fully saturated rings. The van der Waals surface area contributed by atoms with Gasteiger partial charge in [-0.2, -0.15) is 0 Å². The van der Waals surface area contributed by atoms with Gasteiger partial charge in [-0.3, -0.25) is 9.59 Å². The normalized spacial score (nSPS) is 15.4. The topological polar surface area (TPSA) is 85.9 Å². The van der Waals surface area contributed by atoms with E-state index in [1.54, 1.807) is 25.1 Å². The van der Waals surface area contributed by atoms with Crippen LogP contribution in [-0.2, 0) is 4.79 Å². The van der Waals surface area contributed by atoms with Gasteiger partial charge in [-0.15, -0.1) is 0 Å². The molecular weight excluding hydrogens is 360 g/mol. The van der Waals surface area contributed by atoms with Crippen LogP contribution in [0.1, 0.15) is 17.3 Å². The minimum atomic E-state index is -0.558. The van der Waals surface area contributed by atoms with E-state index in [0.29, 0.717) is 34.2 Å². The summed E-state index contributed by atoms with van der Waals surface area (Å²) in [6.45, 7) is 1.66. The van der Waals surface area contributed by atoms with E-state index in [9.17, 15) is 9.59 Å². The van der Waals surface area contributed by atoms with Gasteiger partial charge in [0.1, 0.15) is 5.75 Å². The number of carbonyl (C=O) groups is 2. The number of benzene rings is 2. The second kappa shape index (κ2) is 7.13. The highest BCUT2D eigenvalue weighted by molar-refractivity contribution is 6.32. The minimum absolute atomic E-state index is 0.243. The Morgan fingerprint density at radius 1 is 1.23 bits per heavy atom. The number of hydrogen-bond acceptors (Lipinski definition) is 5. The summed E-state index contributed by atoms with van der Waals surface area (Å²) in [6, 6.07) is 8.01. The highest BCUT2D eigenvalue weighted by Crippen LogP contribution is 2.36. The van der Waals surface area contributed by atoms with E-state index in [-0.39, 0.29) is 16.8 Å². The average Bonchev–Trinajstić information content (AvgIpc) is 2.62. The number of rotatable bonds is 4. The van der Waals surface area contributed by atoms with Crippen LogP contribution in [0.3, 0.4) is 0 Å². The molecule has 1 unspecified atom stereocenters. The molecule has 2 aromatic rings. The summed E-state index contributed by atoms with van der Waals surface area (Å²) < 4.78 is 15.8. The van der Waals surface area contributed by atoms with Crippen LogP contribution in [0.4, 0.5) is 11.4 Å². The number of halogens is 1. The molecule has 1 atom stereocenters. The lowest BCUT2D eigenvalue weighted by Gasteiger charge is -2.23. The number of methoxy groups -OCH3 is 2. The lowest BCUT2D eigenvalue weighted by molar-refractivity contribution is -0.122. The molecule has 2 amide bonds. The summed E-state index contributed by atoms with van der Waals surface area (Å²) in [6.07, 6.45) is -0.558. The van der Waals surface area contributed by atoms with E-state index in [4.69, 9.17) is 25.8 Å². The molecule has 0 saturated heterocycles. The summed E-state index contributed by atoms with van der Waals surface area (Å²) >= 11 is 6.14. The van der Waals surface area contributed by atoms with E-state index >= 15 is 0 Å². The van der Waals surface area contributed by atoms with Crippen molar-refractivity contribution in [3.8, 4) is 17.2 Å². The minimum Gasteiger partial charge on any atom is -0.493 e. The number of carbonyl (C=O) groups excluding carboxylic acids is 2. The van der Waals surface area contributed by atoms with Crippen LogP contribution in [0.5, 0.6) is 17.2 Å². The van der Waals surface area contributed by atoms with Crippen molar-refractivity contribution in [2.24, 2.45) is 0 Å². The third-order valence-electron chi connectivity index (χ3n) is 3.86. The van der Waals surface area contributed by atoms with Crippen molar-refractivity contribution < 1.29 is 23.8 Å². The van der Waals surface area contributed by atoms with Gasteiger partial charge in [0.25, 0.3) is 11.8 Å². The molecule has 2 N–H and O–H groups in total. The monoisotopic (exact) mass is 376 g/mol. The number of anilines is 2. The van der Waals surface area contributed by atoms with Gasteiger partial charge in [0, 0.05) is 11.3 Å². The molecule has 0 saturated carbocycles. The molecule has 1 aliphatic rings. The summed E-state index contributed by atoms with van der Waals surface area (Å²) in [5.41, 5.74) is 1.30. The van der Waals surface area contributed by atoms with E-state index in [1.807, 2.05) is 0 Å². The van der Waals surface area contributed by atoms with Gasteiger partial charge in [0.2, 0.25) is 0 Å². The fourth-order valence-electron chi connectivity index (χ4n) is 2.54. The van der Waals surface area contributed by atoms with Crippen molar-refractivity contribution in [3.63, 3.8) is 0 Å². The number of fused-ring (bicyclic) bond motifs is 1. The van der Waals surface area contributed by atoms with Crippen molar-refractivity contribution in [2.45, 2.75) is 13.0 Å². The lowest BCUT2D eigenvalue weighted by atomic mass is 10.1. The Balaban J connectivity index is 1.84. The molecule has 8 heteroatoms. The molecule has 26 heavy (non-hydrogen) atoms. The Morgan fingerprint density at radius 2 is 2.00 bits per heavy atom. The predicted molar refractivity (Wildman–Crippen MR) is 97.7 cm³/mol. The second-order valence-corrected chi connectivity index (χ2v) is 6.02. The molecule has 0 aliphatic carbocycles. The fourth-order valence-corrected chi connectivity index (χ4v) is 2.83. The van der Waals surface area contributed by atoms with Crippen molar-refractivity contribution in [3.05, 3.63) is 40.9 Å². The van der Waals surface area contributed by atoms with Crippen molar-refractivity contribution in [1.29, 1.82) is 0 Å². The van der Waals surface area contributed by atoms with Gasteiger partial charge in [-0.1, -0.05) is 11.6 Å². The molecule has 0 radical (unpaired) electrons. The Morgan fingerprint density at radius 3 is 2.69 bits per heavy atom. The smallest absolute Gasteiger partial charge is 0.265 e. The van der Waals surface area contributed by atoms with Gasteiger partial charge in [0.05, 0.1) is 24.9 Å². The Labute approximate surface area is 155 Å². The Hall–Kier alpha value is -2.93. The number of hydrogen-bond donors (Lipinski definition) is 2. The van der Waals surface area contributed by atoms with E-state index in [2.05, 4.69) is 10.6 Å². The van der Waals surface area contributed by atoms with Crippen molar-refractivity contribution in [2.75, 3.05) is 24.9 Å². The summed E-state index contributed by atoms with van der Waals surface area (Å²) in [5, 5.41) is 5.74. The maximum Gasteiger partial charge on any atom is 0.265 e. The predicted octanol–water partition coefficient (Wildman–Crippen LogP) is 3.33. The number of ether oxygens (including phenoxy) is 3. The number of amides is 2. The van der Waals surface area contributed by atoms with Gasteiger partial charge >= 0.3 is 0 Å². The van der Waals surface area contributed by atoms with Crippen LogP contribution in [-0.4, -0.2) is 32.1 Å². The molecular formula is C18H17ClN2O5. The van der Waals surface area contributed by atoms with E-state index < -0.39 is 6.10 Å². The van der Waals surface area contributed by atoms with Gasteiger partial charge < -0.3 is 24.8 Å². The highest BCUT2D eigenvalue weighted by atomic mass is 35.5. The SMILES string of the molecule is COc1cc(C(=O)Nc2ccc3c(c2)NC(=O)C(C)O3)cc(Cl)c1OC. The maximum atomic E-state index is 12.5. The fraction of sp³-hybridized carbons (Fsp3) is 0.222. The van der Waals surface area contributed by atoms with E-state index in [0.717, 1.165) is 0 Å². The average molecular weight is 377 g/mol. The molecule has 136 valence electrons. The molecule has 7 nitrogen and oxygen atoms in total. The van der Waals surface area contributed by atoms with Crippen LogP contribution < -0.4 is 24.8 Å². The summed E-state index contributed by atoms with van der Waals surface area (Å²) in [4.78, 5) is 24.3. The molecule has 2 aromatic carbocycles. The zero-order valence-electron chi connectivity index (χ0n) is 14.4. The van der Waals surface area contributed by atoms with Crippen molar-refractivity contribution >= 4 is 34.8 Å². The third-order valence-corrected chi connectivity index (χ3v) is 4.14. The first-order valence-corrected chi connectivity index (χ1v) is 8.15. The second-order valence-electron chi connectivity index (χ2n) is 5.61. The standard InChI is InChI=1S/C18H17ClN2O5/c1-9-17(22)21-13-8-11(4-5-14(13)26-9)20-18(23)10-6-12(19)16(25-3)15(7-10)24-2/h4-9H,1-3H3,(H,20,23)(H,21,22). The van der Waals surface area contributed by atoms with E-state index in [1.165, 1.54) is 26.4 Å². The van der Waals surface area contributed by atoms with Gasteiger partial charge in [-0.05, 0) is 37.3 Å². The lowest BCUT2D eigenvalue weighted by Crippen LogP contribution is -2.34.